The van der Waals surface area contributed by atoms with Crippen LogP contribution in [0.15, 0.2) is 34.9 Å². The normalized spacial score (nSPS) is 15.5. The van der Waals surface area contributed by atoms with E-state index in [0.29, 0.717) is 29.6 Å². The predicted octanol–water partition coefficient (Wildman–Crippen LogP) is 2.09. The first-order valence-electron chi connectivity index (χ1n) is 7.49. The zero-order valence-electron chi connectivity index (χ0n) is 12.6. The molecule has 1 amide bonds. The lowest BCUT2D eigenvalue weighted by atomic mass is 10.2. The van der Waals surface area contributed by atoms with Crippen LogP contribution in [-0.4, -0.2) is 42.3 Å². The van der Waals surface area contributed by atoms with Gasteiger partial charge in [-0.05, 0) is 17.7 Å². The minimum absolute atomic E-state index is 0.253. The van der Waals surface area contributed by atoms with E-state index in [-0.39, 0.29) is 5.91 Å². The molecule has 0 unspecified atom stereocenters. The lowest BCUT2D eigenvalue weighted by Gasteiger charge is -2.25. The molecule has 0 bridgehead atoms. The van der Waals surface area contributed by atoms with Crippen LogP contribution in [0.1, 0.15) is 21.8 Å². The molecule has 3 rings (SSSR count). The quantitative estimate of drug-likeness (QED) is 0.906. The van der Waals surface area contributed by atoms with Gasteiger partial charge in [0.15, 0.2) is 11.5 Å². The van der Waals surface area contributed by atoms with Gasteiger partial charge in [0.25, 0.3) is 5.91 Å². The minimum Gasteiger partial charge on any atom is -0.379 e. The van der Waals surface area contributed by atoms with Gasteiger partial charge < -0.3 is 14.6 Å². The number of amides is 1. The van der Waals surface area contributed by atoms with Crippen LogP contribution in [0.3, 0.4) is 0 Å². The predicted molar refractivity (Wildman–Crippen MR) is 85.2 cm³/mol. The summed E-state index contributed by atoms with van der Waals surface area (Å²) in [5.41, 5.74) is 1.27. The Hall–Kier alpha value is -1.89. The summed E-state index contributed by atoms with van der Waals surface area (Å²) in [6.45, 7) is 4.23. The molecule has 1 aromatic heterocycles. The van der Waals surface area contributed by atoms with Crippen molar-refractivity contribution in [2.75, 3.05) is 26.3 Å². The Morgan fingerprint density at radius 1 is 1.26 bits per heavy atom. The zero-order chi connectivity index (χ0) is 16.1. The Labute approximate surface area is 139 Å². The molecule has 2 heterocycles. The molecule has 0 saturated carbocycles. The summed E-state index contributed by atoms with van der Waals surface area (Å²) in [5.74, 6) is 0.431. The van der Waals surface area contributed by atoms with Crippen LogP contribution >= 0.6 is 11.6 Å². The third-order valence-corrected chi connectivity index (χ3v) is 3.89. The van der Waals surface area contributed by atoms with E-state index in [4.69, 9.17) is 20.9 Å². The van der Waals surface area contributed by atoms with Gasteiger partial charge in [0.2, 0.25) is 0 Å². The van der Waals surface area contributed by atoms with Gasteiger partial charge >= 0.3 is 0 Å². The van der Waals surface area contributed by atoms with Crippen LogP contribution in [0.2, 0.25) is 5.02 Å². The van der Waals surface area contributed by atoms with Gasteiger partial charge in [-0.3, -0.25) is 9.69 Å². The second-order valence-corrected chi connectivity index (χ2v) is 5.81. The number of rotatable bonds is 5. The molecule has 1 fully saturated rings. The summed E-state index contributed by atoms with van der Waals surface area (Å²) in [5, 5.41) is 7.33. The van der Waals surface area contributed by atoms with Gasteiger partial charge in [-0.2, -0.15) is 0 Å². The molecule has 1 saturated heterocycles. The molecule has 1 aliphatic heterocycles. The monoisotopic (exact) mass is 335 g/mol. The maximum Gasteiger partial charge on any atom is 0.273 e. The van der Waals surface area contributed by atoms with Gasteiger partial charge in [-0.25, -0.2) is 0 Å². The average molecular weight is 336 g/mol. The molecule has 122 valence electrons. The number of carbonyl (C=O) groups excluding carboxylic acids is 1. The van der Waals surface area contributed by atoms with Crippen LogP contribution in [0, 0.1) is 0 Å². The van der Waals surface area contributed by atoms with Gasteiger partial charge in [-0.15, -0.1) is 0 Å². The molecule has 0 aliphatic carbocycles. The molecule has 23 heavy (non-hydrogen) atoms. The summed E-state index contributed by atoms with van der Waals surface area (Å²) >= 11 is 5.83. The van der Waals surface area contributed by atoms with E-state index in [9.17, 15) is 4.79 Å². The highest BCUT2D eigenvalue weighted by Crippen LogP contribution is 2.11. The third kappa shape index (κ3) is 4.54. The summed E-state index contributed by atoms with van der Waals surface area (Å²) in [7, 11) is 0. The topological polar surface area (TPSA) is 67.6 Å². The number of carbonyl (C=O) groups is 1. The highest BCUT2D eigenvalue weighted by atomic mass is 35.5. The molecule has 1 N–H and O–H groups in total. The van der Waals surface area contributed by atoms with Crippen molar-refractivity contribution in [3.8, 4) is 0 Å². The fraction of sp³-hybridized carbons (Fsp3) is 0.375. The average Bonchev–Trinajstić information content (AvgIpc) is 3.03. The number of hydrogen-bond acceptors (Lipinski definition) is 5. The fourth-order valence-electron chi connectivity index (χ4n) is 2.35. The Morgan fingerprint density at radius 2 is 2.00 bits per heavy atom. The maximum absolute atomic E-state index is 12.1. The Morgan fingerprint density at radius 3 is 2.74 bits per heavy atom. The number of halogens is 1. The van der Waals surface area contributed by atoms with Crippen molar-refractivity contribution in [1.29, 1.82) is 0 Å². The van der Waals surface area contributed by atoms with Gasteiger partial charge in [0.1, 0.15) is 0 Å². The van der Waals surface area contributed by atoms with E-state index < -0.39 is 0 Å². The van der Waals surface area contributed by atoms with Crippen molar-refractivity contribution in [3.63, 3.8) is 0 Å². The number of morpholine rings is 1. The summed E-state index contributed by atoms with van der Waals surface area (Å²) in [4.78, 5) is 14.3. The number of hydrogen-bond donors (Lipinski definition) is 1. The maximum atomic E-state index is 12.1. The van der Waals surface area contributed by atoms with Crippen LogP contribution in [0.5, 0.6) is 0 Å². The van der Waals surface area contributed by atoms with Crippen LogP contribution < -0.4 is 5.32 Å². The van der Waals surface area contributed by atoms with Crippen molar-refractivity contribution in [2.45, 2.75) is 13.1 Å². The standard InChI is InChI=1S/C16H18ClN3O3/c17-13-3-1-12(2-4-13)10-18-16(21)15-9-14(23-19-15)11-20-5-7-22-8-6-20/h1-4,9H,5-8,10-11H2,(H,18,21). The molecular formula is C16H18ClN3O3. The summed E-state index contributed by atoms with van der Waals surface area (Å²) in [6.07, 6.45) is 0. The highest BCUT2D eigenvalue weighted by molar-refractivity contribution is 6.30. The second-order valence-electron chi connectivity index (χ2n) is 5.38. The first kappa shape index (κ1) is 16.0. The highest BCUT2D eigenvalue weighted by Gasteiger charge is 2.16. The van der Waals surface area contributed by atoms with Gasteiger partial charge in [0, 0.05) is 30.7 Å². The number of aromatic nitrogens is 1. The van der Waals surface area contributed by atoms with Crippen LogP contribution in [-0.2, 0) is 17.8 Å². The molecule has 0 spiro atoms. The molecule has 7 heteroatoms. The summed E-state index contributed by atoms with van der Waals surface area (Å²) < 4.78 is 10.5. The van der Waals surface area contributed by atoms with E-state index in [2.05, 4.69) is 15.4 Å². The molecule has 1 aliphatic rings. The van der Waals surface area contributed by atoms with E-state index >= 15 is 0 Å². The van der Waals surface area contributed by atoms with Gasteiger partial charge in [0.05, 0.1) is 19.8 Å². The first-order chi connectivity index (χ1) is 11.2. The van der Waals surface area contributed by atoms with Crippen LogP contribution in [0.25, 0.3) is 0 Å². The van der Waals surface area contributed by atoms with Crippen molar-refractivity contribution in [3.05, 3.63) is 52.4 Å². The van der Waals surface area contributed by atoms with E-state index in [0.717, 1.165) is 31.9 Å². The minimum atomic E-state index is -0.253. The second kappa shape index (κ2) is 7.59. The van der Waals surface area contributed by atoms with Gasteiger partial charge in [-0.1, -0.05) is 28.9 Å². The Kier molecular flexibility index (Phi) is 5.27. The lowest BCUT2D eigenvalue weighted by Crippen LogP contribution is -2.35. The lowest BCUT2D eigenvalue weighted by molar-refractivity contribution is 0.0305. The Balaban J connectivity index is 1.52. The Bertz CT molecular complexity index is 651. The molecule has 0 radical (unpaired) electrons. The van der Waals surface area contributed by atoms with E-state index in [1.165, 1.54) is 0 Å². The molecule has 6 nitrogen and oxygen atoms in total. The SMILES string of the molecule is O=C(NCc1ccc(Cl)cc1)c1cc(CN2CCOCC2)on1. The fourth-order valence-corrected chi connectivity index (χ4v) is 2.48. The zero-order valence-corrected chi connectivity index (χ0v) is 13.4. The number of benzene rings is 1. The van der Waals surface area contributed by atoms with Crippen molar-refractivity contribution in [2.24, 2.45) is 0 Å². The third-order valence-electron chi connectivity index (χ3n) is 3.64. The molecule has 2 aromatic rings. The van der Waals surface area contributed by atoms with E-state index in [1.54, 1.807) is 18.2 Å². The number of nitrogens with one attached hydrogen (secondary N) is 1. The largest absolute Gasteiger partial charge is 0.379 e. The van der Waals surface area contributed by atoms with E-state index in [1.807, 2.05) is 12.1 Å². The van der Waals surface area contributed by atoms with Crippen molar-refractivity contribution in [1.82, 2.24) is 15.4 Å². The number of nitrogens with zero attached hydrogens (tertiary/aromatic N) is 2. The smallest absolute Gasteiger partial charge is 0.273 e. The first-order valence-corrected chi connectivity index (χ1v) is 7.87. The summed E-state index contributed by atoms with van der Waals surface area (Å²) in [6, 6.07) is 9.01. The van der Waals surface area contributed by atoms with Crippen molar-refractivity contribution < 1.29 is 14.1 Å². The van der Waals surface area contributed by atoms with Crippen molar-refractivity contribution >= 4 is 17.5 Å². The number of ether oxygens (including phenoxy) is 1. The molecule has 0 atom stereocenters. The molecule has 1 aromatic carbocycles. The van der Waals surface area contributed by atoms with Crippen LogP contribution in [0.4, 0.5) is 0 Å². The molecular weight excluding hydrogens is 318 g/mol.